The second-order valence-electron chi connectivity index (χ2n) is 2.52. The van der Waals surface area contributed by atoms with E-state index in [0.29, 0.717) is 0 Å². The summed E-state index contributed by atoms with van der Waals surface area (Å²) in [5.74, 6) is 0. The summed E-state index contributed by atoms with van der Waals surface area (Å²) in [6, 6.07) is 2.50. The van der Waals surface area contributed by atoms with E-state index >= 15 is 0 Å². The number of hydrogen-bond donors (Lipinski definition) is 2. The van der Waals surface area contributed by atoms with Gasteiger partial charge in [-0.3, -0.25) is 0 Å². The first kappa shape index (κ1) is 8.84. The lowest BCUT2D eigenvalue weighted by atomic mass is 10.6. The highest BCUT2D eigenvalue weighted by molar-refractivity contribution is 7.89. The van der Waals surface area contributed by atoms with E-state index in [-0.39, 0.29) is 10.7 Å². The molecular formula is C5H5N5O3S. The zero-order valence-electron chi connectivity index (χ0n) is 6.71. The Kier molecular flexibility index (Phi) is 1.66. The van der Waals surface area contributed by atoms with Gasteiger partial charge in [0, 0.05) is 0 Å². The summed E-state index contributed by atoms with van der Waals surface area (Å²) in [6.45, 7) is 0. The lowest BCUT2D eigenvalue weighted by Gasteiger charge is -1.95. The quantitative estimate of drug-likeness (QED) is 0.573. The van der Waals surface area contributed by atoms with Crippen LogP contribution in [0.4, 0.5) is 0 Å². The topological polar surface area (TPSA) is 123 Å². The van der Waals surface area contributed by atoms with Gasteiger partial charge >= 0.3 is 5.69 Å². The number of aromatic nitrogens is 4. The number of nitrogens with two attached hydrogens (primary N) is 1. The van der Waals surface area contributed by atoms with Crippen LogP contribution in [-0.2, 0) is 10.0 Å². The van der Waals surface area contributed by atoms with E-state index in [2.05, 4.69) is 15.3 Å². The van der Waals surface area contributed by atoms with Gasteiger partial charge in [0.1, 0.15) is 0 Å². The normalized spacial score (nSPS) is 12.1. The fourth-order valence-corrected chi connectivity index (χ4v) is 1.39. The van der Waals surface area contributed by atoms with E-state index in [1.807, 2.05) is 0 Å². The van der Waals surface area contributed by atoms with Gasteiger partial charge in [0.25, 0.3) is 10.0 Å². The summed E-state index contributed by atoms with van der Waals surface area (Å²) in [4.78, 5) is 11.0. The largest absolute Gasteiger partial charge is 0.364 e. The summed E-state index contributed by atoms with van der Waals surface area (Å²) in [5, 5.41) is 13.6. The molecule has 0 aliphatic carbocycles. The Morgan fingerprint density at radius 3 is 2.79 bits per heavy atom. The van der Waals surface area contributed by atoms with E-state index < -0.39 is 15.7 Å². The monoisotopic (exact) mass is 215 g/mol. The van der Waals surface area contributed by atoms with E-state index in [1.165, 1.54) is 12.1 Å². The zero-order valence-corrected chi connectivity index (χ0v) is 7.52. The van der Waals surface area contributed by atoms with Crippen molar-refractivity contribution < 1.29 is 8.42 Å². The molecule has 2 aromatic rings. The third kappa shape index (κ3) is 1.28. The summed E-state index contributed by atoms with van der Waals surface area (Å²) < 4.78 is 22.6. The van der Waals surface area contributed by atoms with Crippen molar-refractivity contribution in [3.8, 4) is 0 Å². The van der Waals surface area contributed by atoms with E-state index in [4.69, 9.17) is 5.14 Å². The number of rotatable bonds is 1. The van der Waals surface area contributed by atoms with E-state index in [0.717, 1.165) is 4.52 Å². The van der Waals surface area contributed by atoms with Crippen molar-refractivity contribution in [1.29, 1.82) is 0 Å². The number of sulfonamides is 1. The van der Waals surface area contributed by atoms with Crippen LogP contribution in [0.15, 0.2) is 22.0 Å². The van der Waals surface area contributed by atoms with Gasteiger partial charge in [-0.2, -0.15) is 9.61 Å². The fraction of sp³-hybridized carbons (Fsp3) is 0. The maximum absolute atomic E-state index is 11.0. The van der Waals surface area contributed by atoms with Crippen LogP contribution in [0.1, 0.15) is 0 Å². The molecule has 2 rings (SSSR count). The molecule has 0 unspecified atom stereocenters. The van der Waals surface area contributed by atoms with Crippen LogP contribution in [0.5, 0.6) is 0 Å². The van der Waals surface area contributed by atoms with Gasteiger partial charge in [-0.1, -0.05) is 0 Å². The molecule has 0 aliphatic rings. The Bertz CT molecular complexity index is 639. The molecule has 0 fully saturated rings. The van der Waals surface area contributed by atoms with Gasteiger partial charge in [-0.15, -0.1) is 5.10 Å². The molecule has 2 aromatic heterocycles. The molecule has 0 saturated carbocycles. The molecule has 0 bridgehead atoms. The predicted molar refractivity (Wildman–Crippen MR) is 45.0 cm³/mol. The molecule has 0 aliphatic heterocycles. The van der Waals surface area contributed by atoms with Crippen LogP contribution in [0, 0.1) is 0 Å². The van der Waals surface area contributed by atoms with Crippen molar-refractivity contribution in [2.45, 2.75) is 5.03 Å². The molecule has 0 radical (unpaired) electrons. The maximum atomic E-state index is 11.0. The second-order valence-corrected chi connectivity index (χ2v) is 4.02. The minimum atomic E-state index is -3.90. The number of fused-ring (bicyclic) bond motifs is 1. The SMILES string of the molecule is NS(=O)(=O)c1ccc2n[nH]c(=O)n2n1. The third-order valence-corrected chi connectivity index (χ3v) is 2.34. The Hall–Kier alpha value is -1.74. The van der Waals surface area contributed by atoms with Gasteiger partial charge < -0.3 is 0 Å². The molecule has 3 N–H and O–H groups in total. The lowest BCUT2D eigenvalue weighted by molar-refractivity contribution is 0.590. The van der Waals surface area contributed by atoms with E-state index in [1.54, 1.807) is 0 Å². The summed E-state index contributed by atoms with van der Waals surface area (Å²) in [7, 11) is -3.90. The first-order valence-electron chi connectivity index (χ1n) is 3.46. The molecule has 0 saturated heterocycles. The number of aromatic amines is 1. The minimum Gasteiger partial charge on any atom is -0.244 e. The molecule has 0 amide bonds. The molecule has 0 spiro atoms. The lowest BCUT2D eigenvalue weighted by Crippen LogP contribution is -2.19. The minimum absolute atomic E-state index is 0.224. The van der Waals surface area contributed by atoms with Crippen LogP contribution in [0.3, 0.4) is 0 Å². The molecular weight excluding hydrogens is 210 g/mol. The van der Waals surface area contributed by atoms with Crippen LogP contribution in [-0.4, -0.2) is 28.2 Å². The maximum Gasteiger partial charge on any atom is 0.364 e. The van der Waals surface area contributed by atoms with E-state index in [9.17, 15) is 13.2 Å². The molecule has 14 heavy (non-hydrogen) atoms. The predicted octanol–water partition coefficient (Wildman–Crippen LogP) is -1.93. The highest BCUT2D eigenvalue weighted by Gasteiger charge is 2.11. The number of H-pyrrole nitrogens is 1. The van der Waals surface area contributed by atoms with Crippen LogP contribution in [0.2, 0.25) is 0 Å². The molecule has 0 aromatic carbocycles. The first-order valence-corrected chi connectivity index (χ1v) is 5.00. The van der Waals surface area contributed by atoms with Crippen molar-refractivity contribution in [3.05, 3.63) is 22.6 Å². The van der Waals surface area contributed by atoms with Gasteiger partial charge in [0.15, 0.2) is 10.7 Å². The second kappa shape index (κ2) is 2.62. The van der Waals surface area contributed by atoms with Gasteiger partial charge in [0.05, 0.1) is 0 Å². The number of nitrogens with zero attached hydrogens (tertiary/aromatic N) is 3. The van der Waals surface area contributed by atoms with Crippen LogP contribution in [0.25, 0.3) is 5.65 Å². The van der Waals surface area contributed by atoms with Crippen molar-refractivity contribution >= 4 is 15.7 Å². The summed E-state index contributed by atoms with van der Waals surface area (Å²) in [5.41, 5.74) is -0.395. The summed E-state index contributed by atoms with van der Waals surface area (Å²) in [6.07, 6.45) is 0. The fourth-order valence-electron chi connectivity index (χ4n) is 0.938. The Labute approximate surface area is 77.4 Å². The average Bonchev–Trinajstić information content (AvgIpc) is 2.46. The van der Waals surface area contributed by atoms with Crippen LogP contribution >= 0.6 is 0 Å². The third-order valence-electron chi connectivity index (χ3n) is 1.54. The Balaban J connectivity index is 2.86. The van der Waals surface area contributed by atoms with Gasteiger partial charge in [-0.05, 0) is 12.1 Å². The highest BCUT2D eigenvalue weighted by atomic mass is 32.2. The van der Waals surface area contributed by atoms with Crippen molar-refractivity contribution in [3.63, 3.8) is 0 Å². The Morgan fingerprint density at radius 1 is 1.43 bits per heavy atom. The molecule has 0 atom stereocenters. The Morgan fingerprint density at radius 2 is 2.14 bits per heavy atom. The van der Waals surface area contributed by atoms with Gasteiger partial charge in [0.2, 0.25) is 0 Å². The zero-order chi connectivity index (χ0) is 10.3. The molecule has 2 heterocycles. The highest BCUT2D eigenvalue weighted by Crippen LogP contribution is 2.01. The smallest absolute Gasteiger partial charge is 0.244 e. The van der Waals surface area contributed by atoms with Crippen molar-refractivity contribution in [2.75, 3.05) is 0 Å². The van der Waals surface area contributed by atoms with Gasteiger partial charge in [-0.25, -0.2) is 23.4 Å². The summed E-state index contributed by atoms with van der Waals surface area (Å²) >= 11 is 0. The van der Waals surface area contributed by atoms with Crippen molar-refractivity contribution in [1.82, 2.24) is 19.8 Å². The van der Waals surface area contributed by atoms with Crippen LogP contribution < -0.4 is 10.8 Å². The number of primary sulfonamides is 1. The molecule has 9 heteroatoms. The first-order chi connectivity index (χ1) is 6.48. The standard InChI is InChI=1S/C5H5N5O3S/c6-14(12,13)4-2-1-3-7-8-5(11)10(3)9-4/h1-2H,(H,8,11)(H2,6,12,13). The number of hydrogen-bond acceptors (Lipinski definition) is 5. The molecule has 74 valence electrons. The average molecular weight is 215 g/mol. The number of nitrogens with one attached hydrogen (secondary N) is 1. The molecule has 8 nitrogen and oxygen atoms in total. The van der Waals surface area contributed by atoms with Crippen molar-refractivity contribution in [2.24, 2.45) is 5.14 Å².